The van der Waals surface area contributed by atoms with Crippen molar-refractivity contribution in [3.8, 4) is 11.5 Å². The van der Waals surface area contributed by atoms with Crippen LogP contribution in [0.2, 0.25) is 0 Å². The average molecular weight is 277 g/mol. The van der Waals surface area contributed by atoms with Gasteiger partial charge in [0.1, 0.15) is 23.4 Å². The second kappa shape index (κ2) is 5.81. The molecule has 0 radical (unpaired) electrons. The van der Waals surface area contributed by atoms with Crippen LogP contribution in [0, 0.1) is 5.41 Å². The first-order valence-corrected chi connectivity index (χ1v) is 6.50. The molecule has 0 spiro atoms. The van der Waals surface area contributed by atoms with E-state index in [1.165, 1.54) is 0 Å². The van der Waals surface area contributed by atoms with Crippen molar-refractivity contribution in [3.05, 3.63) is 23.8 Å². The molecule has 6 nitrogen and oxygen atoms in total. The molecule has 1 aliphatic heterocycles. The van der Waals surface area contributed by atoms with Crippen molar-refractivity contribution >= 4 is 11.9 Å². The molecule has 1 atom stereocenters. The largest absolute Gasteiger partial charge is 0.497 e. The Morgan fingerprint density at radius 2 is 2.10 bits per heavy atom. The Kier molecular flexibility index (Phi) is 4.12. The summed E-state index contributed by atoms with van der Waals surface area (Å²) in [6.45, 7) is 2.58. The SMILES string of the molecule is CCCN1C(=O)NC(=N)C1c1cc(OC)ccc1OC. The van der Waals surface area contributed by atoms with Crippen LogP contribution in [0.1, 0.15) is 24.9 Å². The minimum absolute atomic E-state index is 0.162. The number of methoxy groups -OCH3 is 2. The molecule has 108 valence electrons. The van der Waals surface area contributed by atoms with Crippen molar-refractivity contribution in [2.45, 2.75) is 19.4 Å². The third-order valence-corrected chi connectivity index (χ3v) is 3.28. The Morgan fingerprint density at radius 1 is 1.35 bits per heavy atom. The minimum atomic E-state index is -0.451. The molecule has 0 saturated carbocycles. The number of ether oxygens (including phenoxy) is 2. The maximum Gasteiger partial charge on any atom is 0.323 e. The highest BCUT2D eigenvalue weighted by molar-refractivity contribution is 6.06. The first-order valence-electron chi connectivity index (χ1n) is 6.50. The summed E-state index contributed by atoms with van der Waals surface area (Å²) in [5, 5.41) is 10.6. The number of urea groups is 1. The first kappa shape index (κ1) is 14.2. The van der Waals surface area contributed by atoms with Crippen molar-refractivity contribution in [2.24, 2.45) is 0 Å². The lowest BCUT2D eigenvalue weighted by Crippen LogP contribution is -2.30. The zero-order valence-electron chi connectivity index (χ0n) is 11.9. The zero-order chi connectivity index (χ0) is 14.7. The van der Waals surface area contributed by atoms with E-state index in [1.807, 2.05) is 6.92 Å². The van der Waals surface area contributed by atoms with Crippen LogP contribution in [0.3, 0.4) is 0 Å². The molecule has 1 aliphatic rings. The molecule has 0 aromatic heterocycles. The highest BCUT2D eigenvalue weighted by atomic mass is 16.5. The molecule has 0 aliphatic carbocycles. The summed E-state index contributed by atoms with van der Waals surface area (Å²) in [6, 6.07) is 4.69. The normalized spacial score (nSPS) is 18.1. The molecule has 20 heavy (non-hydrogen) atoms. The quantitative estimate of drug-likeness (QED) is 0.866. The molecule has 6 heteroatoms. The summed E-state index contributed by atoms with van der Waals surface area (Å²) in [4.78, 5) is 13.6. The van der Waals surface area contributed by atoms with E-state index >= 15 is 0 Å². The predicted octanol–water partition coefficient (Wildman–Crippen LogP) is 2.16. The maximum atomic E-state index is 11.9. The molecule has 2 N–H and O–H groups in total. The van der Waals surface area contributed by atoms with E-state index in [-0.39, 0.29) is 11.9 Å². The van der Waals surface area contributed by atoms with Crippen LogP contribution in [-0.4, -0.2) is 37.5 Å². The molecule has 1 aromatic rings. The van der Waals surface area contributed by atoms with Crippen LogP contribution in [0.25, 0.3) is 0 Å². The van der Waals surface area contributed by atoms with E-state index in [1.54, 1.807) is 37.3 Å². The van der Waals surface area contributed by atoms with Crippen molar-refractivity contribution in [3.63, 3.8) is 0 Å². The number of hydrogen-bond acceptors (Lipinski definition) is 4. The fourth-order valence-corrected chi connectivity index (χ4v) is 2.38. The fourth-order valence-electron chi connectivity index (χ4n) is 2.38. The maximum absolute atomic E-state index is 11.9. The Balaban J connectivity index is 2.46. The number of nitrogens with zero attached hydrogens (tertiary/aromatic N) is 1. The van der Waals surface area contributed by atoms with Crippen LogP contribution in [0.4, 0.5) is 4.79 Å². The highest BCUT2D eigenvalue weighted by Crippen LogP contribution is 2.35. The lowest BCUT2D eigenvalue weighted by Gasteiger charge is -2.24. The van der Waals surface area contributed by atoms with Crippen LogP contribution in [0.5, 0.6) is 11.5 Å². The van der Waals surface area contributed by atoms with E-state index < -0.39 is 6.04 Å². The summed E-state index contributed by atoms with van der Waals surface area (Å²) in [5.74, 6) is 1.47. The predicted molar refractivity (Wildman–Crippen MR) is 75.5 cm³/mol. The molecular weight excluding hydrogens is 258 g/mol. The summed E-state index contributed by atoms with van der Waals surface area (Å²) in [6.07, 6.45) is 0.823. The number of carbonyl (C=O) groups is 1. The van der Waals surface area contributed by atoms with Crippen LogP contribution < -0.4 is 14.8 Å². The minimum Gasteiger partial charge on any atom is -0.497 e. The third-order valence-electron chi connectivity index (χ3n) is 3.28. The summed E-state index contributed by atoms with van der Waals surface area (Å²) in [7, 11) is 3.15. The molecule has 1 aromatic carbocycles. The second-order valence-corrected chi connectivity index (χ2v) is 4.55. The van der Waals surface area contributed by atoms with E-state index in [2.05, 4.69) is 5.32 Å². The van der Waals surface area contributed by atoms with Gasteiger partial charge in [-0.1, -0.05) is 6.92 Å². The summed E-state index contributed by atoms with van der Waals surface area (Å²) < 4.78 is 10.6. The van der Waals surface area contributed by atoms with Crippen molar-refractivity contribution in [2.75, 3.05) is 20.8 Å². The topological polar surface area (TPSA) is 74.7 Å². The Hall–Kier alpha value is -2.24. The van der Waals surface area contributed by atoms with E-state index in [0.29, 0.717) is 18.0 Å². The molecule has 1 heterocycles. The van der Waals surface area contributed by atoms with Gasteiger partial charge < -0.3 is 14.4 Å². The lowest BCUT2D eigenvalue weighted by atomic mass is 10.0. The average Bonchev–Trinajstić information content (AvgIpc) is 2.73. The summed E-state index contributed by atoms with van der Waals surface area (Å²) >= 11 is 0. The number of rotatable bonds is 5. The van der Waals surface area contributed by atoms with Gasteiger partial charge in [0.2, 0.25) is 0 Å². The molecule has 2 amide bonds. The second-order valence-electron chi connectivity index (χ2n) is 4.55. The number of benzene rings is 1. The van der Waals surface area contributed by atoms with Crippen LogP contribution in [0.15, 0.2) is 18.2 Å². The first-order chi connectivity index (χ1) is 9.62. The van der Waals surface area contributed by atoms with E-state index in [0.717, 1.165) is 12.0 Å². The number of amidine groups is 1. The van der Waals surface area contributed by atoms with Gasteiger partial charge in [-0.05, 0) is 24.6 Å². The standard InChI is InChI=1S/C14H19N3O3/c1-4-7-17-12(13(15)16-14(17)18)10-8-9(19-2)5-6-11(10)20-3/h5-6,8,12H,4,7H2,1-3H3,(H2,15,16,18). The molecule has 0 bridgehead atoms. The van der Waals surface area contributed by atoms with E-state index in [4.69, 9.17) is 14.9 Å². The highest BCUT2D eigenvalue weighted by Gasteiger charge is 2.37. The van der Waals surface area contributed by atoms with Gasteiger partial charge in [0.15, 0.2) is 0 Å². The Labute approximate surface area is 118 Å². The number of hydrogen-bond donors (Lipinski definition) is 2. The molecule has 1 saturated heterocycles. The Morgan fingerprint density at radius 3 is 2.70 bits per heavy atom. The van der Waals surface area contributed by atoms with Gasteiger partial charge in [-0.3, -0.25) is 10.7 Å². The lowest BCUT2D eigenvalue weighted by molar-refractivity contribution is 0.205. The van der Waals surface area contributed by atoms with Crippen LogP contribution >= 0.6 is 0 Å². The smallest absolute Gasteiger partial charge is 0.323 e. The van der Waals surface area contributed by atoms with Gasteiger partial charge >= 0.3 is 6.03 Å². The van der Waals surface area contributed by atoms with Crippen LogP contribution in [-0.2, 0) is 0 Å². The zero-order valence-corrected chi connectivity index (χ0v) is 11.9. The molecule has 1 unspecified atom stereocenters. The Bertz CT molecular complexity index is 530. The van der Waals surface area contributed by atoms with E-state index in [9.17, 15) is 4.79 Å². The van der Waals surface area contributed by atoms with Gasteiger partial charge in [0.05, 0.1) is 14.2 Å². The van der Waals surface area contributed by atoms with Gasteiger partial charge in [0, 0.05) is 12.1 Å². The van der Waals surface area contributed by atoms with Gasteiger partial charge in [-0.15, -0.1) is 0 Å². The van der Waals surface area contributed by atoms with Gasteiger partial charge in [-0.25, -0.2) is 4.79 Å². The number of nitrogens with one attached hydrogen (secondary N) is 2. The summed E-state index contributed by atoms with van der Waals surface area (Å²) in [5.41, 5.74) is 0.753. The van der Waals surface area contributed by atoms with Crippen molar-refractivity contribution in [1.29, 1.82) is 5.41 Å². The fraction of sp³-hybridized carbons (Fsp3) is 0.429. The van der Waals surface area contributed by atoms with Crippen molar-refractivity contribution in [1.82, 2.24) is 10.2 Å². The van der Waals surface area contributed by atoms with Gasteiger partial charge in [0.25, 0.3) is 0 Å². The molecular formula is C14H19N3O3. The van der Waals surface area contributed by atoms with Crippen molar-refractivity contribution < 1.29 is 14.3 Å². The number of carbonyl (C=O) groups excluding carboxylic acids is 1. The van der Waals surface area contributed by atoms with Gasteiger partial charge in [-0.2, -0.15) is 0 Å². The third kappa shape index (κ3) is 2.41. The monoisotopic (exact) mass is 277 g/mol. The molecule has 1 fully saturated rings. The number of amides is 2. The molecule has 2 rings (SSSR count).